The number of aromatic nitrogens is 4. The fraction of sp³-hybridized carbons (Fsp3) is 0.449. The number of anilines is 2. The van der Waals surface area contributed by atoms with E-state index in [-0.39, 0.29) is 92.3 Å². The number of amides is 6. The van der Waals surface area contributed by atoms with Gasteiger partial charge in [-0.1, -0.05) is 158 Å². The summed E-state index contributed by atoms with van der Waals surface area (Å²) in [5, 5.41) is 24.8. The van der Waals surface area contributed by atoms with E-state index in [0.717, 1.165) is 121 Å². The fourth-order valence-electron chi connectivity index (χ4n) is 12.3. The zero-order valence-corrected chi connectivity index (χ0v) is 53.1. The van der Waals surface area contributed by atoms with Crippen molar-refractivity contribution in [1.29, 1.82) is 0 Å². The molecule has 0 spiro atoms. The van der Waals surface area contributed by atoms with Crippen LogP contribution in [0.4, 0.5) is 10.0 Å². The van der Waals surface area contributed by atoms with Crippen molar-refractivity contribution in [3.8, 4) is 46.2 Å². The molecule has 2 aliphatic heterocycles. The Hall–Kier alpha value is -8.18. The highest BCUT2D eigenvalue weighted by molar-refractivity contribution is 7.11. The van der Waals surface area contributed by atoms with Gasteiger partial charge in [0.2, 0.25) is 35.4 Å². The van der Waals surface area contributed by atoms with Gasteiger partial charge in [0.15, 0.2) is 0 Å². The van der Waals surface area contributed by atoms with Crippen LogP contribution in [0.5, 0.6) is 0 Å². The van der Waals surface area contributed by atoms with Gasteiger partial charge in [0, 0.05) is 77.2 Å². The minimum Gasteiger partial charge on any atom is -0.372 e. The third-order valence-corrected chi connectivity index (χ3v) is 19.1. The summed E-state index contributed by atoms with van der Waals surface area (Å²) in [6.45, 7) is 6.39. The molecule has 19 nitrogen and oxygen atoms in total. The Labute approximate surface area is 534 Å². The number of hydrogen-bond acceptors (Lipinski definition) is 15. The number of carbonyl (C=O) groups is 6. The first-order valence-electron chi connectivity index (χ1n) is 31.5. The molecule has 4 aliphatic rings. The molecule has 21 heteroatoms. The van der Waals surface area contributed by atoms with Crippen LogP contribution in [-0.4, -0.2) is 127 Å². The van der Waals surface area contributed by atoms with Gasteiger partial charge in [-0.25, -0.2) is 0 Å². The lowest BCUT2D eigenvalue weighted by Crippen LogP contribution is -2.57. The Bertz CT molecular complexity index is 3320. The van der Waals surface area contributed by atoms with Crippen molar-refractivity contribution < 1.29 is 38.2 Å². The molecule has 90 heavy (non-hydrogen) atoms. The predicted molar refractivity (Wildman–Crippen MR) is 347 cm³/mol. The van der Waals surface area contributed by atoms with Gasteiger partial charge in [0.1, 0.15) is 45.6 Å². The van der Waals surface area contributed by atoms with Gasteiger partial charge >= 0.3 is 0 Å². The van der Waals surface area contributed by atoms with E-state index in [2.05, 4.69) is 69.4 Å². The Kier molecular flexibility index (Phi) is 22.7. The third-order valence-electron chi connectivity index (χ3n) is 17.9. The summed E-state index contributed by atoms with van der Waals surface area (Å²) in [7, 11) is 1.70. The first kappa shape index (κ1) is 64.8. The Balaban J connectivity index is 0.757. The van der Waals surface area contributed by atoms with Crippen LogP contribution in [0.25, 0.3) is 22.5 Å². The largest absolute Gasteiger partial charge is 0.372 e. The van der Waals surface area contributed by atoms with E-state index in [4.69, 9.17) is 9.47 Å². The number of likely N-dealkylation sites (tertiary alicyclic amines) is 2. The summed E-state index contributed by atoms with van der Waals surface area (Å²) >= 11 is 2.15. The molecule has 2 saturated heterocycles. The second-order valence-electron chi connectivity index (χ2n) is 23.9. The lowest BCUT2D eigenvalue weighted by molar-refractivity contribution is -0.142. The SMILES string of the molecule is CC[C@@H](C)C(=O)NC(C(=O)N1C[C@@H](OCc2ccc(C#CC#Cc3ccc(CO[C@H]4C[C@@H](C(=O)Nc5snnc5-c5ccccc5)N(C(=O)[C@@H](NC(=O)[C@H](C)NC)C5CCCCC5)C4)cc3)cc2)C[C@H]1C(=O)Nc1snnc1-c1ccccc1)C1CCCCC1. The Morgan fingerprint density at radius 1 is 0.567 bits per heavy atom. The van der Waals surface area contributed by atoms with Gasteiger partial charge in [0.25, 0.3) is 0 Å². The molecule has 470 valence electrons. The van der Waals surface area contributed by atoms with Crippen LogP contribution in [0.1, 0.15) is 126 Å². The van der Waals surface area contributed by atoms with Crippen molar-refractivity contribution in [3.63, 3.8) is 0 Å². The third kappa shape index (κ3) is 16.6. The van der Waals surface area contributed by atoms with Gasteiger partial charge in [-0.15, -0.1) is 10.2 Å². The minimum atomic E-state index is -0.876. The van der Waals surface area contributed by atoms with E-state index < -0.39 is 42.4 Å². The molecule has 4 heterocycles. The van der Waals surface area contributed by atoms with Crippen molar-refractivity contribution in [2.24, 2.45) is 17.8 Å². The first-order valence-corrected chi connectivity index (χ1v) is 33.1. The summed E-state index contributed by atoms with van der Waals surface area (Å²) in [6.07, 6.45) is 9.51. The van der Waals surface area contributed by atoms with Crippen molar-refractivity contribution >= 4 is 68.5 Å². The summed E-state index contributed by atoms with van der Waals surface area (Å²) < 4.78 is 21.2. The van der Waals surface area contributed by atoms with Crippen molar-refractivity contribution in [2.45, 2.75) is 160 Å². The van der Waals surface area contributed by atoms with Crippen molar-refractivity contribution in [3.05, 3.63) is 131 Å². The minimum absolute atomic E-state index is 0.0357. The summed E-state index contributed by atoms with van der Waals surface area (Å²) in [6, 6.07) is 30.5. The van der Waals surface area contributed by atoms with Crippen LogP contribution in [0.15, 0.2) is 109 Å². The van der Waals surface area contributed by atoms with Crippen LogP contribution < -0.4 is 26.6 Å². The molecule has 2 aliphatic carbocycles. The fourth-order valence-corrected chi connectivity index (χ4v) is 13.5. The topological polar surface area (TPSA) is 239 Å². The summed E-state index contributed by atoms with van der Waals surface area (Å²) in [5.74, 6) is 10.1. The quantitative estimate of drug-likeness (QED) is 0.0399. The molecule has 8 atom stereocenters. The van der Waals surface area contributed by atoms with E-state index in [0.29, 0.717) is 27.8 Å². The van der Waals surface area contributed by atoms with Crippen LogP contribution in [-0.2, 0) is 51.5 Å². The van der Waals surface area contributed by atoms with Crippen molar-refractivity contribution in [1.82, 2.24) is 44.9 Å². The molecule has 2 aromatic heterocycles. The molecule has 0 bridgehead atoms. The van der Waals surface area contributed by atoms with Crippen LogP contribution >= 0.6 is 23.1 Å². The highest BCUT2D eigenvalue weighted by Crippen LogP contribution is 2.36. The van der Waals surface area contributed by atoms with E-state index >= 15 is 0 Å². The van der Waals surface area contributed by atoms with Crippen LogP contribution in [0.2, 0.25) is 0 Å². The summed E-state index contributed by atoms with van der Waals surface area (Å²) in [5.41, 5.74) is 6.00. The number of nitrogens with one attached hydrogen (secondary N) is 5. The number of carbonyl (C=O) groups excluding carboxylic acids is 6. The first-order chi connectivity index (χ1) is 43.8. The summed E-state index contributed by atoms with van der Waals surface area (Å²) in [4.78, 5) is 88.3. The maximum absolute atomic E-state index is 14.8. The molecule has 0 radical (unpaired) electrons. The molecule has 6 aromatic rings. The number of likely N-dealkylation sites (N-methyl/N-ethyl adjacent to an activating group) is 1. The van der Waals surface area contributed by atoms with E-state index in [1.165, 1.54) is 0 Å². The molecule has 2 saturated carbocycles. The van der Waals surface area contributed by atoms with E-state index in [1.807, 2.05) is 123 Å². The number of nitrogens with zero attached hydrogens (tertiary/aromatic N) is 6. The maximum atomic E-state index is 14.8. The predicted octanol–water partition coefficient (Wildman–Crippen LogP) is 9.16. The zero-order chi connectivity index (χ0) is 62.9. The molecule has 6 amide bonds. The molecule has 10 rings (SSSR count). The monoisotopic (exact) mass is 1250 g/mol. The normalized spacial score (nSPS) is 19.9. The van der Waals surface area contributed by atoms with Crippen molar-refractivity contribution in [2.75, 3.05) is 30.8 Å². The molecular formula is C69H79N11O8S2. The Morgan fingerprint density at radius 3 is 1.38 bits per heavy atom. The second-order valence-corrected chi connectivity index (χ2v) is 25.5. The van der Waals surface area contributed by atoms with Gasteiger partial charge < -0.3 is 45.9 Å². The molecule has 4 aromatic carbocycles. The average molecular weight is 1250 g/mol. The smallest absolute Gasteiger partial charge is 0.247 e. The second kappa shape index (κ2) is 31.5. The highest BCUT2D eigenvalue weighted by Gasteiger charge is 2.47. The highest BCUT2D eigenvalue weighted by atomic mass is 32.1. The number of rotatable bonds is 22. The number of hydrogen-bond donors (Lipinski definition) is 5. The van der Waals surface area contributed by atoms with Gasteiger partial charge in [-0.2, -0.15) is 0 Å². The molecule has 5 N–H and O–H groups in total. The Morgan fingerprint density at radius 2 is 0.978 bits per heavy atom. The maximum Gasteiger partial charge on any atom is 0.247 e. The van der Waals surface area contributed by atoms with Gasteiger partial charge in [0.05, 0.1) is 31.5 Å². The number of ether oxygens (including phenoxy) is 2. The lowest BCUT2D eigenvalue weighted by Gasteiger charge is -2.35. The number of benzene rings is 4. The van der Waals surface area contributed by atoms with Crippen LogP contribution in [0, 0.1) is 41.4 Å². The zero-order valence-electron chi connectivity index (χ0n) is 51.5. The average Bonchev–Trinajstić information content (AvgIpc) is 1.86. The van der Waals surface area contributed by atoms with E-state index in [1.54, 1.807) is 23.8 Å². The van der Waals surface area contributed by atoms with Gasteiger partial charge in [-0.3, -0.25) is 28.8 Å². The van der Waals surface area contributed by atoms with Crippen LogP contribution in [0.3, 0.4) is 0 Å². The van der Waals surface area contributed by atoms with E-state index in [9.17, 15) is 28.8 Å². The molecule has 4 fully saturated rings. The molecular weight excluding hydrogens is 1170 g/mol. The molecule has 1 unspecified atom stereocenters. The standard InChI is InChI=1S/C69H79N11O8S2/c1-5-44(2)62(81)71-60(52-26-14-8-15-27-52)68(85)79-40-54(38-56(79)64(83)73-66-58(75-77-89-66)50-22-10-6-11-23-50)87-42-48-34-30-46(31-35-48)20-18-19-21-47-32-36-49(37-33-47)43-88-55-39-57(65(84)74-67-59(76-78-90-67)51-24-12-7-13-25-51)80(41-55)69(86)61(53-28-16-9-17-29-53)72-63(82)45(3)70-4/h6-7,10-13,22-25,30-37,44-45,52-57,60-61,70H,5,8-9,14-17,26-29,38-43H2,1-4H3,(H,71,81)(H,72,82)(H,73,83)(H,74,84)/t44-,45+,54+,55+,56+,57+,60?,61+/m1/s1. The van der Waals surface area contributed by atoms with Gasteiger partial charge in [-0.05, 0) is 105 Å². The lowest BCUT2D eigenvalue weighted by atomic mass is 9.83.